The van der Waals surface area contributed by atoms with Crippen LogP contribution in [0.3, 0.4) is 0 Å². The Bertz CT molecular complexity index is 926. The zero-order valence-electron chi connectivity index (χ0n) is 15.8. The lowest BCUT2D eigenvalue weighted by atomic mass is 10.2. The lowest BCUT2D eigenvalue weighted by molar-refractivity contribution is -0.116. The van der Waals surface area contributed by atoms with Crippen molar-refractivity contribution < 1.29 is 9.53 Å². The molecule has 1 heterocycles. The highest BCUT2D eigenvalue weighted by molar-refractivity contribution is 5.87. The molecule has 1 N–H and O–H groups in total. The van der Waals surface area contributed by atoms with E-state index < -0.39 is 0 Å². The van der Waals surface area contributed by atoms with Crippen molar-refractivity contribution in [3.8, 4) is 5.75 Å². The molecule has 0 unspecified atom stereocenters. The average Bonchev–Trinajstić information content (AvgIpc) is 3.01. The van der Waals surface area contributed by atoms with E-state index in [9.17, 15) is 4.79 Å². The Labute approximate surface area is 159 Å². The summed E-state index contributed by atoms with van der Waals surface area (Å²) in [5.41, 5.74) is 3.26. The van der Waals surface area contributed by atoms with Crippen molar-refractivity contribution in [2.45, 2.75) is 26.8 Å². The second-order valence-corrected chi connectivity index (χ2v) is 6.37. The van der Waals surface area contributed by atoms with Crippen LogP contribution in [0.4, 0.5) is 0 Å². The number of allylic oxidation sites excluding steroid dienone is 1. The van der Waals surface area contributed by atoms with E-state index in [1.807, 2.05) is 49.4 Å². The molecular weight excluding hydrogens is 338 g/mol. The third kappa shape index (κ3) is 4.97. The highest BCUT2D eigenvalue weighted by atomic mass is 16.5. The molecule has 0 saturated carbocycles. The Kier molecular flexibility index (Phi) is 6.26. The topological polar surface area (TPSA) is 56.2 Å². The molecule has 2 aromatic carbocycles. The quantitative estimate of drug-likeness (QED) is 0.622. The monoisotopic (exact) mass is 363 g/mol. The summed E-state index contributed by atoms with van der Waals surface area (Å²) in [6.45, 7) is 5.69. The van der Waals surface area contributed by atoms with Gasteiger partial charge in [0.15, 0.2) is 0 Å². The molecule has 0 aliphatic rings. The molecule has 0 spiro atoms. The Hall–Kier alpha value is -3.08. The molecular formula is C22H25N3O2. The minimum absolute atomic E-state index is 0.0807. The Morgan fingerprint density at radius 3 is 2.74 bits per heavy atom. The Balaban J connectivity index is 1.68. The summed E-state index contributed by atoms with van der Waals surface area (Å²) >= 11 is 0. The second kappa shape index (κ2) is 9.03. The fourth-order valence-corrected chi connectivity index (χ4v) is 2.96. The van der Waals surface area contributed by atoms with E-state index in [1.54, 1.807) is 6.08 Å². The van der Waals surface area contributed by atoms with E-state index >= 15 is 0 Å². The number of amides is 1. The summed E-state index contributed by atoms with van der Waals surface area (Å²) in [5.74, 6) is 1.73. The Morgan fingerprint density at radius 2 is 1.96 bits per heavy atom. The second-order valence-electron chi connectivity index (χ2n) is 6.37. The van der Waals surface area contributed by atoms with E-state index in [-0.39, 0.29) is 5.91 Å². The summed E-state index contributed by atoms with van der Waals surface area (Å²) in [6.07, 6.45) is 3.92. The molecule has 5 heteroatoms. The van der Waals surface area contributed by atoms with Gasteiger partial charge in [-0.05, 0) is 44.2 Å². The summed E-state index contributed by atoms with van der Waals surface area (Å²) < 4.78 is 8.06. The van der Waals surface area contributed by atoms with Gasteiger partial charge in [0.2, 0.25) is 5.91 Å². The number of carbonyl (C=O) groups excluding carboxylic acids is 1. The lowest BCUT2D eigenvalue weighted by Crippen LogP contribution is -2.24. The van der Waals surface area contributed by atoms with Crippen LogP contribution in [0.2, 0.25) is 0 Å². The van der Waals surface area contributed by atoms with Gasteiger partial charge in [-0.3, -0.25) is 4.79 Å². The molecule has 3 rings (SSSR count). The molecule has 140 valence electrons. The number of imidazole rings is 1. The van der Waals surface area contributed by atoms with Gasteiger partial charge in [-0.1, -0.05) is 35.9 Å². The number of nitrogens with zero attached hydrogens (tertiary/aromatic N) is 2. The number of ether oxygens (including phenoxy) is 1. The zero-order valence-corrected chi connectivity index (χ0v) is 15.8. The van der Waals surface area contributed by atoms with Crippen molar-refractivity contribution in [2.75, 3.05) is 13.2 Å². The van der Waals surface area contributed by atoms with Crippen LogP contribution in [-0.4, -0.2) is 28.6 Å². The van der Waals surface area contributed by atoms with E-state index in [0.29, 0.717) is 26.1 Å². The number of rotatable bonds is 8. The molecule has 5 nitrogen and oxygen atoms in total. The van der Waals surface area contributed by atoms with Crippen molar-refractivity contribution in [3.05, 3.63) is 72.1 Å². The van der Waals surface area contributed by atoms with Gasteiger partial charge in [-0.25, -0.2) is 4.98 Å². The van der Waals surface area contributed by atoms with Gasteiger partial charge in [0.1, 0.15) is 18.2 Å². The van der Waals surface area contributed by atoms with E-state index in [2.05, 4.69) is 22.9 Å². The number of para-hydroxylation sites is 2. The van der Waals surface area contributed by atoms with Gasteiger partial charge in [0.25, 0.3) is 0 Å². The fraction of sp³-hybridized carbons (Fsp3) is 0.273. The number of nitrogens with one attached hydrogen (secondary N) is 1. The maximum atomic E-state index is 11.6. The minimum atomic E-state index is -0.0807. The van der Waals surface area contributed by atoms with Crippen molar-refractivity contribution in [3.63, 3.8) is 0 Å². The molecule has 1 aromatic heterocycles. The number of aryl methyl sites for hydroxylation is 1. The van der Waals surface area contributed by atoms with Crippen LogP contribution >= 0.6 is 0 Å². The molecule has 3 aromatic rings. The molecule has 0 saturated heterocycles. The van der Waals surface area contributed by atoms with Gasteiger partial charge >= 0.3 is 0 Å². The minimum Gasteiger partial charge on any atom is -0.492 e. The van der Waals surface area contributed by atoms with Crippen molar-refractivity contribution in [2.24, 2.45) is 0 Å². The smallest absolute Gasteiger partial charge is 0.243 e. The molecule has 27 heavy (non-hydrogen) atoms. The average molecular weight is 363 g/mol. The first-order chi connectivity index (χ1) is 13.2. The predicted molar refractivity (Wildman–Crippen MR) is 108 cm³/mol. The van der Waals surface area contributed by atoms with Crippen LogP contribution in [0.15, 0.2) is 60.7 Å². The third-order valence-electron chi connectivity index (χ3n) is 4.30. The number of hydrogen-bond donors (Lipinski definition) is 1. The highest BCUT2D eigenvalue weighted by Gasteiger charge is 2.10. The summed E-state index contributed by atoms with van der Waals surface area (Å²) in [6, 6.07) is 16.1. The first-order valence-corrected chi connectivity index (χ1v) is 9.21. The Morgan fingerprint density at radius 1 is 1.19 bits per heavy atom. The summed E-state index contributed by atoms with van der Waals surface area (Å²) in [5, 5.41) is 2.88. The summed E-state index contributed by atoms with van der Waals surface area (Å²) in [7, 11) is 0. The highest BCUT2D eigenvalue weighted by Crippen LogP contribution is 2.17. The third-order valence-corrected chi connectivity index (χ3v) is 4.30. The SMILES string of the molecule is C/C=C/C(=O)NCCc1nc2ccccc2n1CCOc1ccc(C)cc1. The van der Waals surface area contributed by atoms with E-state index in [4.69, 9.17) is 9.72 Å². The van der Waals surface area contributed by atoms with Crippen LogP contribution in [-0.2, 0) is 17.8 Å². The molecule has 0 atom stereocenters. The van der Waals surface area contributed by atoms with Crippen LogP contribution in [0.1, 0.15) is 18.3 Å². The molecule has 0 fully saturated rings. The molecule has 0 aliphatic carbocycles. The molecule has 0 radical (unpaired) electrons. The zero-order chi connectivity index (χ0) is 19.1. The maximum Gasteiger partial charge on any atom is 0.243 e. The standard InChI is InChI=1S/C22H25N3O2/c1-3-6-22(26)23-14-13-21-24-19-7-4-5-8-20(19)25(21)15-16-27-18-11-9-17(2)10-12-18/h3-12H,13-16H2,1-2H3,(H,23,26)/b6-3+. The lowest BCUT2D eigenvalue weighted by Gasteiger charge is -2.11. The molecule has 0 bridgehead atoms. The van der Waals surface area contributed by atoms with Crippen LogP contribution in [0.5, 0.6) is 5.75 Å². The number of benzene rings is 2. The van der Waals surface area contributed by atoms with Crippen molar-refractivity contribution in [1.29, 1.82) is 0 Å². The fourth-order valence-electron chi connectivity index (χ4n) is 2.96. The van der Waals surface area contributed by atoms with Crippen molar-refractivity contribution in [1.82, 2.24) is 14.9 Å². The first kappa shape index (κ1) is 18.7. The first-order valence-electron chi connectivity index (χ1n) is 9.21. The van der Waals surface area contributed by atoms with Gasteiger partial charge in [0.05, 0.1) is 17.6 Å². The molecule has 0 aliphatic heterocycles. The van der Waals surface area contributed by atoms with Gasteiger partial charge < -0.3 is 14.6 Å². The summed E-state index contributed by atoms with van der Waals surface area (Å²) in [4.78, 5) is 16.3. The largest absolute Gasteiger partial charge is 0.492 e. The normalized spacial score (nSPS) is 11.2. The van der Waals surface area contributed by atoms with Gasteiger partial charge in [-0.15, -0.1) is 0 Å². The predicted octanol–water partition coefficient (Wildman–Crippen LogP) is 3.66. The number of fused-ring (bicyclic) bond motifs is 1. The van der Waals surface area contributed by atoms with Crippen LogP contribution < -0.4 is 10.1 Å². The number of carbonyl (C=O) groups is 1. The van der Waals surface area contributed by atoms with E-state index in [1.165, 1.54) is 11.6 Å². The van der Waals surface area contributed by atoms with Gasteiger partial charge in [-0.2, -0.15) is 0 Å². The van der Waals surface area contributed by atoms with Gasteiger partial charge in [0, 0.05) is 13.0 Å². The number of hydrogen-bond acceptors (Lipinski definition) is 3. The molecule has 1 amide bonds. The van der Waals surface area contributed by atoms with Crippen LogP contribution in [0.25, 0.3) is 11.0 Å². The van der Waals surface area contributed by atoms with Crippen molar-refractivity contribution >= 4 is 16.9 Å². The van der Waals surface area contributed by atoms with E-state index in [0.717, 1.165) is 22.6 Å². The van der Waals surface area contributed by atoms with Crippen LogP contribution in [0, 0.1) is 6.92 Å². The maximum absolute atomic E-state index is 11.6. The number of aromatic nitrogens is 2.